The van der Waals surface area contributed by atoms with Crippen LogP contribution < -0.4 is 0 Å². The highest BCUT2D eigenvalue weighted by Gasteiger charge is 2.18. The van der Waals surface area contributed by atoms with Gasteiger partial charge in [0.2, 0.25) is 5.78 Å². The van der Waals surface area contributed by atoms with E-state index in [-0.39, 0.29) is 24.8 Å². The Morgan fingerprint density at radius 2 is 1.76 bits per heavy atom. The lowest BCUT2D eigenvalue weighted by Gasteiger charge is -2.12. The molecule has 1 N–H and O–H groups in total. The molecule has 0 saturated heterocycles. The number of fused-ring (bicyclic) bond motifs is 1. The number of aryl methyl sites for hydroxylation is 4. The van der Waals surface area contributed by atoms with E-state index in [0.29, 0.717) is 12.0 Å². The van der Waals surface area contributed by atoms with Crippen molar-refractivity contribution in [2.45, 2.75) is 47.0 Å². The van der Waals surface area contributed by atoms with Gasteiger partial charge in [-0.25, -0.2) is 0 Å². The molecule has 0 bridgehead atoms. The number of esters is 1. The SMILES string of the molecule is Cc1ccc(-n2c(C)cc(C(=O)COC(=O)CCCc3c[nH]c4ccccc34)c2C)cc1C. The minimum atomic E-state index is -0.342. The van der Waals surface area contributed by atoms with Crippen molar-refractivity contribution in [1.82, 2.24) is 9.55 Å². The number of nitrogens with zero attached hydrogens (tertiary/aromatic N) is 1. The van der Waals surface area contributed by atoms with Gasteiger partial charge in [0.1, 0.15) is 0 Å². The van der Waals surface area contributed by atoms with Gasteiger partial charge in [-0.05, 0) is 81.5 Å². The quantitative estimate of drug-likeness (QED) is 0.271. The van der Waals surface area contributed by atoms with Crippen LogP contribution in [0.3, 0.4) is 0 Å². The molecule has 0 fully saturated rings. The lowest BCUT2D eigenvalue weighted by Crippen LogP contribution is -2.15. The third-order valence-electron chi connectivity index (χ3n) is 6.35. The van der Waals surface area contributed by atoms with Crippen LogP contribution in [0, 0.1) is 27.7 Å². The Labute approximate surface area is 194 Å². The van der Waals surface area contributed by atoms with Crippen molar-refractivity contribution in [2.24, 2.45) is 0 Å². The van der Waals surface area contributed by atoms with Crippen molar-refractivity contribution < 1.29 is 14.3 Å². The van der Waals surface area contributed by atoms with Crippen LogP contribution in [0.2, 0.25) is 0 Å². The van der Waals surface area contributed by atoms with E-state index in [1.807, 2.05) is 44.3 Å². The summed E-state index contributed by atoms with van der Waals surface area (Å²) in [7, 11) is 0. The van der Waals surface area contributed by atoms with Crippen LogP contribution >= 0.6 is 0 Å². The lowest BCUT2D eigenvalue weighted by molar-refractivity contribution is -0.142. The Bertz CT molecular complexity index is 1330. The topological polar surface area (TPSA) is 64.1 Å². The number of para-hydroxylation sites is 1. The number of ketones is 1. The van der Waals surface area contributed by atoms with Gasteiger partial charge >= 0.3 is 5.97 Å². The molecule has 33 heavy (non-hydrogen) atoms. The van der Waals surface area contributed by atoms with E-state index in [1.54, 1.807) is 0 Å². The van der Waals surface area contributed by atoms with Crippen LogP contribution in [-0.2, 0) is 16.0 Å². The van der Waals surface area contributed by atoms with E-state index in [1.165, 1.54) is 22.1 Å². The molecule has 0 unspecified atom stereocenters. The zero-order valence-electron chi connectivity index (χ0n) is 19.7. The molecule has 4 aromatic rings. The van der Waals surface area contributed by atoms with E-state index in [4.69, 9.17) is 4.74 Å². The number of ether oxygens (including phenoxy) is 1. The van der Waals surface area contributed by atoms with E-state index < -0.39 is 0 Å². The first-order valence-corrected chi connectivity index (χ1v) is 11.4. The molecule has 0 spiro atoms. The fourth-order valence-corrected chi connectivity index (χ4v) is 4.36. The summed E-state index contributed by atoms with van der Waals surface area (Å²) >= 11 is 0. The molecule has 0 atom stereocenters. The number of hydrogen-bond donors (Lipinski definition) is 1. The van der Waals surface area contributed by atoms with Crippen molar-refractivity contribution >= 4 is 22.7 Å². The monoisotopic (exact) mass is 442 g/mol. The number of carbonyl (C=O) groups excluding carboxylic acids is 2. The summed E-state index contributed by atoms with van der Waals surface area (Å²) in [6.45, 7) is 7.84. The Morgan fingerprint density at radius 3 is 2.55 bits per heavy atom. The van der Waals surface area contributed by atoms with Crippen LogP contribution in [0.15, 0.2) is 54.7 Å². The molecule has 170 valence electrons. The molecule has 0 radical (unpaired) electrons. The van der Waals surface area contributed by atoms with Crippen LogP contribution in [0.1, 0.15) is 51.3 Å². The molecular weight excluding hydrogens is 412 g/mol. The zero-order chi connectivity index (χ0) is 23.5. The highest BCUT2D eigenvalue weighted by atomic mass is 16.5. The highest BCUT2D eigenvalue weighted by molar-refractivity contribution is 5.99. The summed E-state index contributed by atoms with van der Waals surface area (Å²) in [4.78, 5) is 28.3. The zero-order valence-corrected chi connectivity index (χ0v) is 19.7. The maximum absolute atomic E-state index is 12.8. The lowest BCUT2D eigenvalue weighted by atomic mass is 10.1. The summed E-state index contributed by atoms with van der Waals surface area (Å²) in [5.41, 5.74) is 8.18. The maximum Gasteiger partial charge on any atom is 0.306 e. The molecule has 0 aliphatic carbocycles. The average molecular weight is 443 g/mol. The second-order valence-electron chi connectivity index (χ2n) is 8.69. The largest absolute Gasteiger partial charge is 0.457 e. The third kappa shape index (κ3) is 4.77. The van der Waals surface area contributed by atoms with Crippen molar-refractivity contribution in [3.8, 4) is 5.69 Å². The molecule has 2 aromatic heterocycles. The number of rotatable bonds is 8. The van der Waals surface area contributed by atoms with E-state index in [9.17, 15) is 9.59 Å². The average Bonchev–Trinajstić information content (AvgIpc) is 3.34. The van der Waals surface area contributed by atoms with Gasteiger partial charge in [0, 0.05) is 46.2 Å². The fourth-order valence-electron chi connectivity index (χ4n) is 4.36. The van der Waals surface area contributed by atoms with Crippen LogP contribution in [-0.4, -0.2) is 27.9 Å². The van der Waals surface area contributed by atoms with Gasteiger partial charge in [-0.3, -0.25) is 9.59 Å². The minimum absolute atomic E-state index is 0.178. The van der Waals surface area contributed by atoms with Gasteiger partial charge in [0.25, 0.3) is 0 Å². The minimum Gasteiger partial charge on any atom is -0.457 e. The molecule has 5 heteroatoms. The predicted octanol–water partition coefficient (Wildman–Crippen LogP) is 5.94. The first-order chi connectivity index (χ1) is 15.8. The first-order valence-electron chi connectivity index (χ1n) is 11.4. The number of aromatic nitrogens is 2. The Morgan fingerprint density at radius 1 is 0.970 bits per heavy atom. The van der Waals surface area contributed by atoms with Gasteiger partial charge in [-0.2, -0.15) is 0 Å². The summed E-state index contributed by atoms with van der Waals surface area (Å²) < 4.78 is 7.38. The van der Waals surface area contributed by atoms with Gasteiger partial charge in [-0.15, -0.1) is 0 Å². The molecule has 2 aromatic carbocycles. The molecule has 0 saturated carbocycles. The summed E-state index contributed by atoms with van der Waals surface area (Å²) in [6, 6.07) is 16.3. The Balaban J connectivity index is 1.34. The molecular formula is C28H30N2O3. The Kier molecular flexibility index (Phi) is 6.50. The number of hydrogen-bond acceptors (Lipinski definition) is 3. The van der Waals surface area contributed by atoms with Crippen molar-refractivity contribution in [3.63, 3.8) is 0 Å². The number of Topliss-reactive ketones (excluding diaryl/α,β-unsaturated/α-hetero) is 1. The van der Waals surface area contributed by atoms with Crippen LogP contribution in [0.4, 0.5) is 0 Å². The molecule has 5 nitrogen and oxygen atoms in total. The summed E-state index contributed by atoms with van der Waals surface area (Å²) in [5.74, 6) is -0.519. The number of H-pyrrole nitrogens is 1. The van der Waals surface area contributed by atoms with Crippen molar-refractivity contribution in [2.75, 3.05) is 6.61 Å². The Hall–Kier alpha value is -3.60. The first kappa shape index (κ1) is 22.6. The maximum atomic E-state index is 12.8. The summed E-state index contributed by atoms with van der Waals surface area (Å²) in [6.07, 6.45) is 3.74. The van der Waals surface area contributed by atoms with Crippen molar-refractivity contribution in [1.29, 1.82) is 0 Å². The number of benzene rings is 2. The number of aromatic amines is 1. The van der Waals surface area contributed by atoms with Gasteiger partial charge in [0.15, 0.2) is 6.61 Å². The predicted molar refractivity (Wildman–Crippen MR) is 131 cm³/mol. The normalized spacial score (nSPS) is 11.2. The third-order valence-corrected chi connectivity index (χ3v) is 6.35. The summed E-state index contributed by atoms with van der Waals surface area (Å²) in [5, 5.41) is 1.18. The van der Waals surface area contributed by atoms with E-state index >= 15 is 0 Å². The molecule has 0 aliphatic rings. The molecule has 0 aliphatic heterocycles. The van der Waals surface area contributed by atoms with Gasteiger partial charge in [-0.1, -0.05) is 24.3 Å². The number of nitrogens with one attached hydrogen (secondary N) is 1. The van der Waals surface area contributed by atoms with Gasteiger partial charge < -0.3 is 14.3 Å². The second-order valence-corrected chi connectivity index (χ2v) is 8.69. The molecule has 0 amide bonds. The smallest absolute Gasteiger partial charge is 0.306 e. The molecule has 2 heterocycles. The van der Waals surface area contributed by atoms with Crippen LogP contribution in [0.5, 0.6) is 0 Å². The van der Waals surface area contributed by atoms with Crippen LogP contribution in [0.25, 0.3) is 16.6 Å². The molecule has 4 rings (SSSR count). The highest BCUT2D eigenvalue weighted by Crippen LogP contribution is 2.23. The number of carbonyl (C=O) groups is 2. The van der Waals surface area contributed by atoms with E-state index in [2.05, 4.69) is 47.7 Å². The van der Waals surface area contributed by atoms with Gasteiger partial charge in [0.05, 0.1) is 0 Å². The fraction of sp³-hybridized carbons (Fsp3) is 0.286. The second kappa shape index (κ2) is 9.49. The standard InChI is InChI=1S/C28H30N2O3/c1-18-12-13-23(14-19(18)2)30-20(3)15-25(21(30)4)27(31)17-33-28(32)11-7-8-22-16-29-26-10-6-5-9-24(22)26/h5-6,9-10,12-16,29H,7-8,11,17H2,1-4H3. The van der Waals surface area contributed by atoms with Crippen molar-refractivity contribution in [3.05, 3.63) is 88.4 Å². The van der Waals surface area contributed by atoms with E-state index in [0.717, 1.165) is 29.0 Å².